The first-order valence-electron chi connectivity index (χ1n) is 8.37. The molecule has 2 rings (SSSR count). The van der Waals surface area contributed by atoms with Crippen molar-refractivity contribution < 1.29 is 17.9 Å². The van der Waals surface area contributed by atoms with Crippen LogP contribution in [0, 0.1) is 0 Å². The van der Waals surface area contributed by atoms with Crippen molar-refractivity contribution >= 4 is 21.6 Å². The molecule has 7 heteroatoms. The number of carbonyl (C=O) groups is 1. The Labute approximate surface area is 154 Å². The van der Waals surface area contributed by atoms with Crippen LogP contribution < -0.4 is 14.4 Å². The first-order chi connectivity index (χ1) is 12.3. The second-order valence-electron chi connectivity index (χ2n) is 5.87. The zero-order valence-electron chi connectivity index (χ0n) is 15.2. The average molecular weight is 376 g/mol. The monoisotopic (exact) mass is 376 g/mol. The zero-order chi connectivity index (χ0) is 19.2. The van der Waals surface area contributed by atoms with Crippen LogP contribution in [0.1, 0.15) is 19.4 Å². The summed E-state index contributed by atoms with van der Waals surface area (Å²) in [5.74, 6) is 0.399. The van der Waals surface area contributed by atoms with Crippen molar-refractivity contribution in [2.75, 3.05) is 17.2 Å². The van der Waals surface area contributed by atoms with E-state index in [2.05, 4.69) is 5.32 Å². The van der Waals surface area contributed by atoms with E-state index in [1.165, 1.54) is 0 Å². The van der Waals surface area contributed by atoms with Crippen LogP contribution in [0.2, 0.25) is 0 Å². The number of ether oxygens (including phenoxy) is 1. The molecule has 1 N–H and O–H groups in total. The number of para-hydroxylation sites is 1. The average Bonchev–Trinajstić information content (AvgIpc) is 2.61. The number of benzene rings is 2. The smallest absolute Gasteiger partial charge is 0.243 e. The maximum absolute atomic E-state index is 12.5. The van der Waals surface area contributed by atoms with Crippen molar-refractivity contribution in [2.45, 2.75) is 26.4 Å². The second-order valence-corrected chi connectivity index (χ2v) is 7.72. The summed E-state index contributed by atoms with van der Waals surface area (Å²) in [5.41, 5.74) is 1.36. The Morgan fingerprint density at radius 1 is 1.12 bits per heavy atom. The second kappa shape index (κ2) is 8.71. The summed E-state index contributed by atoms with van der Waals surface area (Å²) in [5, 5.41) is 2.79. The highest BCUT2D eigenvalue weighted by Gasteiger charge is 2.28. The molecular formula is C19H24N2O4S. The summed E-state index contributed by atoms with van der Waals surface area (Å²) in [6, 6.07) is 15.1. The van der Waals surface area contributed by atoms with Gasteiger partial charge in [0.2, 0.25) is 15.9 Å². The Morgan fingerprint density at radius 2 is 1.73 bits per heavy atom. The Morgan fingerprint density at radius 3 is 2.27 bits per heavy atom. The Balaban J connectivity index is 2.07. The molecule has 0 bridgehead atoms. The third-order valence-electron chi connectivity index (χ3n) is 3.80. The van der Waals surface area contributed by atoms with Crippen molar-refractivity contribution in [1.29, 1.82) is 0 Å². The number of rotatable bonds is 8. The normalized spacial score (nSPS) is 12.3. The summed E-state index contributed by atoms with van der Waals surface area (Å²) in [6.45, 7) is 4.38. The number of nitrogens with zero attached hydrogens (tertiary/aromatic N) is 1. The van der Waals surface area contributed by atoms with Gasteiger partial charge in [-0.2, -0.15) is 0 Å². The van der Waals surface area contributed by atoms with Crippen LogP contribution in [0.25, 0.3) is 0 Å². The number of anilines is 1. The van der Waals surface area contributed by atoms with Crippen LogP contribution in [0.15, 0.2) is 54.6 Å². The molecule has 1 atom stereocenters. The molecule has 6 nitrogen and oxygen atoms in total. The molecule has 0 aromatic heterocycles. The van der Waals surface area contributed by atoms with Gasteiger partial charge in [-0.25, -0.2) is 8.42 Å². The van der Waals surface area contributed by atoms with Crippen molar-refractivity contribution in [2.24, 2.45) is 0 Å². The molecule has 26 heavy (non-hydrogen) atoms. The quantitative estimate of drug-likeness (QED) is 0.768. The SMILES string of the molecule is CCOc1ccc(CNC(=O)C(C)N(c2ccccc2)S(C)(=O)=O)cc1. The fourth-order valence-corrected chi connectivity index (χ4v) is 3.77. The molecule has 0 aliphatic carbocycles. The maximum atomic E-state index is 12.5. The number of amides is 1. The molecule has 0 aliphatic rings. The van der Waals surface area contributed by atoms with E-state index in [0.717, 1.165) is 21.9 Å². The van der Waals surface area contributed by atoms with Crippen LogP contribution >= 0.6 is 0 Å². The van der Waals surface area contributed by atoms with E-state index in [1.807, 2.05) is 31.2 Å². The summed E-state index contributed by atoms with van der Waals surface area (Å²) >= 11 is 0. The molecule has 0 saturated carbocycles. The fraction of sp³-hybridized carbons (Fsp3) is 0.316. The lowest BCUT2D eigenvalue weighted by molar-refractivity contribution is -0.122. The predicted octanol–water partition coefficient (Wildman–Crippen LogP) is 2.56. The third kappa shape index (κ3) is 5.23. The van der Waals surface area contributed by atoms with E-state index in [4.69, 9.17) is 4.74 Å². The van der Waals surface area contributed by atoms with Gasteiger partial charge in [0.15, 0.2) is 0 Å². The van der Waals surface area contributed by atoms with Crippen LogP contribution in [0.4, 0.5) is 5.69 Å². The molecular weight excluding hydrogens is 352 g/mol. The van der Waals surface area contributed by atoms with Gasteiger partial charge in [-0.3, -0.25) is 9.10 Å². The summed E-state index contributed by atoms with van der Waals surface area (Å²) in [7, 11) is -3.60. The Bertz CT molecular complexity index is 820. The minimum Gasteiger partial charge on any atom is -0.494 e. The van der Waals surface area contributed by atoms with Gasteiger partial charge in [-0.15, -0.1) is 0 Å². The van der Waals surface area contributed by atoms with E-state index < -0.39 is 16.1 Å². The van der Waals surface area contributed by atoms with E-state index in [1.54, 1.807) is 37.3 Å². The summed E-state index contributed by atoms with van der Waals surface area (Å²) < 4.78 is 30.9. The van der Waals surface area contributed by atoms with Crippen molar-refractivity contribution in [3.8, 4) is 5.75 Å². The maximum Gasteiger partial charge on any atom is 0.243 e. The molecule has 1 amide bonds. The lowest BCUT2D eigenvalue weighted by Crippen LogP contribution is -2.47. The van der Waals surface area contributed by atoms with Crippen LogP contribution in [-0.2, 0) is 21.4 Å². The fourth-order valence-electron chi connectivity index (χ4n) is 2.59. The molecule has 140 valence electrons. The van der Waals surface area contributed by atoms with E-state index in [0.29, 0.717) is 18.8 Å². The predicted molar refractivity (Wildman–Crippen MR) is 103 cm³/mol. The third-order valence-corrected chi connectivity index (χ3v) is 5.04. The first-order valence-corrected chi connectivity index (χ1v) is 10.2. The lowest BCUT2D eigenvalue weighted by Gasteiger charge is -2.28. The Hall–Kier alpha value is -2.54. The molecule has 0 saturated heterocycles. The zero-order valence-corrected chi connectivity index (χ0v) is 16.0. The van der Waals surface area contributed by atoms with Crippen LogP contribution in [0.5, 0.6) is 5.75 Å². The topological polar surface area (TPSA) is 75.7 Å². The molecule has 0 heterocycles. The molecule has 0 aliphatic heterocycles. The van der Waals surface area contributed by atoms with Gasteiger partial charge in [0, 0.05) is 6.54 Å². The number of nitrogens with one attached hydrogen (secondary N) is 1. The van der Waals surface area contributed by atoms with Crippen LogP contribution in [-0.4, -0.2) is 33.2 Å². The van der Waals surface area contributed by atoms with E-state index in [9.17, 15) is 13.2 Å². The molecule has 2 aromatic carbocycles. The largest absolute Gasteiger partial charge is 0.494 e. The molecule has 0 radical (unpaired) electrons. The van der Waals surface area contributed by atoms with Gasteiger partial charge in [0.05, 0.1) is 18.6 Å². The Kier molecular flexibility index (Phi) is 6.63. The number of hydrogen-bond acceptors (Lipinski definition) is 4. The standard InChI is InChI=1S/C19H24N2O4S/c1-4-25-18-12-10-16(11-13-18)14-20-19(22)15(2)21(26(3,23)24)17-8-6-5-7-9-17/h5-13,15H,4,14H2,1-3H3,(H,20,22). The molecule has 1 unspecified atom stereocenters. The molecule has 0 fully saturated rings. The number of hydrogen-bond donors (Lipinski definition) is 1. The number of carbonyl (C=O) groups excluding carboxylic acids is 1. The first kappa shape index (κ1) is 19.8. The summed E-state index contributed by atoms with van der Waals surface area (Å²) in [6.07, 6.45) is 1.09. The van der Waals surface area contributed by atoms with Crippen molar-refractivity contribution in [3.05, 3.63) is 60.2 Å². The van der Waals surface area contributed by atoms with E-state index >= 15 is 0 Å². The van der Waals surface area contributed by atoms with Crippen molar-refractivity contribution in [1.82, 2.24) is 5.32 Å². The minimum absolute atomic E-state index is 0.308. The van der Waals surface area contributed by atoms with Crippen molar-refractivity contribution in [3.63, 3.8) is 0 Å². The van der Waals surface area contributed by atoms with Gasteiger partial charge in [0.1, 0.15) is 11.8 Å². The number of sulfonamides is 1. The highest BCUT2D eigenvalue weighted by atomic mass is 32.2. The van der Waals surface area contributed by atoms with Gasteiger partial charge < -0.3 is 10.1 Å². The summed E-state index contributed by atoms with van der Waals surface area (Å²) in [4.78, 5) is 12.5. The van der Waals surface area contributed by atoms with Gasteiger partial charge >= 0.3 is 0 Å². The van der Waals surface area contributed by atoms with E-state index in [-0.39, 0.29) is 5.91 Å². The van der Waals surface area contributed by atoms with Gasteiger partial charge in [-0.1, -0.05) is 30.3 Å². The van der Waals surface area contributed by atoms with Crippen LogP contribution in [0.3, 0.4) is 0 Å². The highest BCUT2D eigenvalue weighted by molar-refractivity contribution is 7.92. The highest BCUT2D eigenvalue weighted by Crippen LogP contribution is 2.20. The minimum atomic E-state index is -3.60. The van der Waals surface area contributed by atoms with Gasteiger partial charge in [-0.05, 0) is 43.7 Å². The lowest BCUT2D eigenvalue weighted by atomic mass is 10.2. The van der Waals surface area contributed by atoms with Gasteiger partial charge in [0.25, 0.3) is 0 Å². The molecule has 2 aromatic rings. The molecule has 0 spiro atoms.